The topological polar surface area (TPSA) is 0 Å². The highest BCUT2D eigenvalue weighted by molar-refractivity contribution is 5.47. The highest BCUT2D eigenvalue weighted by Crippen LogP contribution is 2.34. The van der Waals surface area contributed by atoms with Gasteiger partial charge >= 0.3 is 0 Å². The van der Waals surface area contributed by atoms with Crippen LogP contribution in [0.15, 0.2) is 61.2 Å². The van der Waals surface area contributed by atoms with Crippen molar-refractivity contribution in [2.75, 3.05) is 0 Å². The molecule has 0 heterocycles. The summed E-state index contributed by atoms with van der Waals surface area (Å²) in [6.07, 6.45) is 4.35. The van der Waals surface area contributed by atoms with Crippen molar-refractivity contribution >= 4 is 0 Å². The lowest BCUT2D eigenvalue weighted by Crippen LogP contribution is -1.99. The minimum absolute atomic E-state index is 0.352. The van der Waals surface area contributed by atoms with Crippen LogP contribution in [0.1, 0.15) is 28.2 Å². The summed E-state index contributed by atoms with van der Waals surface area (Å²) in [6.45, 7) is 4.02. The summed E-state index contributed by atoms with van der Waals surface area (Å²) in [5.74, 6) is 0.352. The zero-order valence-corrected chi connectivity index (χ0v) is 9.89. The monoisotopic (exact) mass is 220 g/mol. The number of hydrogen-bond acceptors (Lipinski definition) is 0. The van der Waals surface area contributed by atoms with Gasteiger partial charge in [0.2, 0.25) is 0 Å². The first-order valence-corrected chi connectivity index (χ1v) is 6.18. The van der Waals surface area contributed by atoms with E-state index in [9.17, 15) is 0 Å². The maximum absolute atomic E-state index is 4.02. The Kier molecular flexibility index (Phi) is 2.56. The van der Waals surface area contributed by atoms with E-state index in [0.29, 0.717) is 5.92 Å². The number of rotatable bonds is 1. The fourth-order valence-corrected chi connectivity index (χ4v) is 2.82. The van der Waals surface area contributed by atoms with Crippen LogP contribution >= 0.6 is 0 Å². The maximum atomic E-state index is 4.02. The summed E-state index contributed by atoms with van der Waals surface area (Å²) in [6, 6.07) is 17.5. The summed E-state index contributed by atoms with van der Waals surface area (Å²) < 4.78 is 0. The van der Waals surface area contributed by atoms with Crippen molar-refractivity contribution in [2.24, 2.45) is 0 Å². The number of hydrogen-bond donors (Lipinski definition) is 0. The first-order chi connectivity index (χ1) is 8.40. The third-order valence-corrected chi connectivity index (χ3v) is 3.68. The lowest BCUT2D eigenvalue weighted by molar-refractivity contribution is 0.965. The van der Waals surface area contributed by atoms with Crippen molar-refractivity contribution < 1.29 is 0 Å². The molecule has 0 saturated heterocycles. The zero-order chi connectivity index (χ0) is 11.7. The van der Waals surface area contributed by atoms with Crippen LogP contribution in [-0.2, 0) is 12.8 Å². The first-order valence-electron chi connectivity index (χ1n) is 6.18. The minimum atomic E-state index is 0.352. The third kappa shape index (κ3) is 1.70. The molecular weight excluding hydrogens is 204 g/mol. The maximum Gasteiger partial charge on any atom is 0.0272 e. The molecule has 0 aliphatic heterocycles. The van der Waals surface area contributed by atoms with E-state index < -0.39 is 0 Å². The van der Waals surface area contributed by atoms with E-state index in [4.69, 9.17) is 0 Å². The van der Waals surface area contributed by atoms with Gasteiger partial charge in [-0.15, -0.1) is 6.58 Å². The van der Waals surface area contributed by atoms with Crippen molar-refractivity contribution in [3.05, 3.63) is 83.4 Å². The molecular formula is C17H16. The molecule has 3 rings (SSSR count). The summed E-state index contributed by atoms with van der Waals surface area (Å²) in [5, 5.41) is 0. The fourth-order valence-electron chi connectivity index (χ4n) is 2.82. The van der Waals surface area contributed by atoms with E-state index in [0.717, 1.165) is 12.8 Å². The number of allylic oxidation sites excluding steroid dienone is 1. The Morgan fingerprint density at radius 1 is 0.824 bits per heavy atom. The molecule has 84 valence electrons. The van der Waals surface area contributed by atoms with Gasteiger partial charge in [-0.2, -0.15) is 0 Å². The lowest BCUT2D eigenvalue weighted by Gasteiger charge is -2.16. The average Bonchev–Trinajstić information content (AvgIpc) is 2.55. The molecule has 0 nitrogen and oxygen atoms in total. The van der Waals surface area contributed by atoms with Crippen molar-refractivity contribution in [3.63, 3.8) is 0 Å². The van der Waals surface area contributed by atoms with Crippen LogP contribution in [-0.4, -0.2) is 0 Å². The van der Waals surface area contributed by atoms with Gasteiger partial charge < -0.3 is 0 Å². The number of aryl methyl sites for hydroxylation is 2. The number of fused-ring (bicyclic) bond motifs is 2. The van der Waals surface area contributed by atoms with Crippen molar-refractivity contribution in [1.29, 1.82) is 0 Å². The Morgan fingerprint density at radius 3 is 1.76 bits per heavy atom. The molecule has 0 aromatic heterocycles. The summed E-state index contributed by atoms with van der Waals surface area (Å²) in [5.41, 5.74) is 5.78. The highest BCUT2D eigenvalue weighted by atomic mass is 14.2. The van der Waals surface area contributed by atoms with E-state index in [-0.39, 0.29) is 0 Å². The van der Waals surface area contributed by atoms with E-state index in [1.807, 2.05) is 0 Å². The molecule has 0 bridgehead atoms. The zero-order valence-electron chi connectivity index (χ0n) is 9.89. The van der Waals surface area contributed by atoms with E-state index in [1.54, 1.807) is 0 Å². The van der Waals surface area contributed by atoms with Gasteiger partial charge in [0.25, 0.3) is 0 Å². The van der Waals surface area contributed by atoms with Gasteiger partial charge in [0.05, 0.1) is 0 Å². The third-order valence-electron chi connectivity index (χ3n) is 3.68. The quantitative estimate of drug-likeness (QED) is 0.635. The smallest absolute Gasteiger partial charge is 0.0272 e. The highest BCUT2D eigenvalue weighted by Gasteiger charge is 2.20. The lowest BCUT2D eigenvalue weighted by atomic mass is 9.88. The average molecular weight is 220 g/mol. The minimum Gasteiger partial charge on any atom is -0.102 e. The molecule has 1 aliphatic carbocycles. The Labute approximate surface area is 103 Å². The molecule has 0 fully saturated rings. The van der Waals surface area contributed by atoms with Crippen molar-refractivity contribution in [2.45, 2.75) is 18.8 Å². The Morgan fingerprint density at radius 2 is 1.29 bits per heavy atom. The van der Waals surface area contributed by atoms with Gasteiger partial charge in [-0.1, -0.05) is 54.6 Å². The van der Waals surface area contributed by atoms with Gasteiger partial charge in [0.1, 0.15) is 0 Å². The van der Waals surface area contributed by atoms with E-state index in [1.165, 1.54) is 22.3 Å². The largest absolute Gasteiger partial charge is 0.102 e. The molecule has 2 aromatic rings. The Bertz CT molecular complexity index is 504. The second-order valence-electron chi connectivity index (χ2n) is 4.61. The van der Waals surface area contributed by atoms with Crippen LogP contribution in [0.4, 0.5) is 0 Å². The van der Waals surface area contributed by atoms with Crippen LogP contribution in [0, 0.1) is 0 Å². The molecule has 0 spiro atoms. The van der Waals surface area contributed by atoms with Crippen LogP contribution in [0.5, 0.6) is 0 Å². The summed E-state index contributed by atoms with van der Waals surface area (Å²) >= 11 is 0. The second-order valence-corrected chi connectivity index (χ2v) is 4.61. The normalized spacial score (nSPS) is 14.6. The van der Waals surface area contributed by atoms with Gasteiger partial charge in [-0.25, -0.2) is 0 Å². The predicted octanol–water partition coefficient (Wildman–Crippen LogP) is 4.10. The molecule has 0 unspecified atom stereocenters. The van der Waals surface area contributed by atoms with E-state index >= 15 is 0 Å². The molecule has 0 N–H and O–H groups in total. The van der Waals surface area contributed by atoms with Gasteiger partial charge in [0.15, 0.2) is 0 Å². The molecule has 1 aliphatic rings. The summed E-state index contributed by atoms with van der Waals surface area (Å²) in [4.78, 5) is 0. The SMILES string of the molecule is C=CC1c2ccccc2CCc2ccccc21. The fraction of sp³-hybridized carbons (Fsp3) is 0.176. The molecule has 0 saturated carbocycles. The Hall–Kier alpha value is -1.82. The predicted molar refractivity (Wildman–Crippen MR) is 72.3 cm³/mol. The molecule has 0 atom stereocenters. The molecule has 0 heteroatoms. The molecule has 17 heavy (non-hydrogen) atoms. The van der Waals surface area contributed by atoms with E-state index in [2.05, 4.69) is 61.2 Å². The first kappa shape index (κ1) is 10.3. The van der Waals surface area contributed by atoms with Gasteiger partial charge in [-0.05, 0) is 35.1 Å². The van der Waals surface area contributed by atoms with Crippen LogP contribution in [0.3, 0.4) is 0 Å². The number of benzene rings is 2. The molecule has 2 aromatic carbocycles. The van der Waals surface area contributed by atoms with Crippen LogP contribution < -0.4 is 0 Å². The molecule has 0 radical (unpaired) electrons. The Balaban J connectivity index is 2.22. The standard InChI is InChI=1S/C17H16/c1-2-15-16-9-5-3-7-13(16)11-12-14-8-4-6-10-17(14)15/h2-10,15H,1,11-12H2. The van der Waals surface area contributed by atoms with Crippen LogP contribution in [0.25, 0.3) is 0 Å². The van der Waals surface area contributed by atoms with Gasteiger partial charge in [0, 0.05) is 5.92 Å². The van der Waals surface area contributed by atoms with Crippen LogP contribution in [0.2, 0.25) is 0 Å². The van der Waals surface area contributed by atoms with Gasteiger partial charge in [-0.3, -0.25) is 0 Å². The second kappa shape index (κ2) is 4.21. The molecule has 0 amide bonds. The van der Waals surface area contributed by atoms with Crippen molar-refractivity contribution in [1.82, 2.24) is 0 Å². The van der Waals surface area contributed by atoms with Crippen molar-refractivity contribution in [3.8, 4) is 0 Å². The summed E-state index contributed by atoms with van der Waals surface area (Å²) in [7, 11) is 0.